The monoisotopic (exact) mass is 272 g/mol. The standard InChI is InChI=1S/C17H24N2O/c1-2-5-13-8-9-19(12-13)17(20)16-10-14-6-3-4-7-15(14)11-18-16/h3-4,6-7,13,16,18H,2,5,8-12H2,1H3/t13?,16-/m0/s1. The number of amides is 1. The van der Waals surface area contributed by atoms with Crippen LogP contribution in [-0.4, -0.2) is 29.9 Å². The van der Waals surface area contributed by atoms with E-state index in [0.717, 1.165) is 32.0 Å². The van der Waals surface area contributed by atoms with Crippen molar-refractivity contribution in [2.45, 2.75) is 45.2 Å². The summed E-state index contributed by atoms with van der Waals surface area (Å²) in [5.74, 6) is 1.03. The van der Waals surface area contributed by atoms with E-state index in [4.69, 9.17) is 0 Å². The van der Waals surface area contributed by atoms with E-state index in [1.807, 2.05) is 0 Å². The van der Waals surface area contributed by atoms with Gasteiger partial charge in [-0.15, -0.1) is 0 Å². The van der Waals surface area contributed by atoms with Crippen LogP contribution in [-0.2, 0) is 17.8 Å². The van der Waals surface area contributed by atoms with Crippen molar-refractivity contribution in [2.75, 3.05) is 13.1 Å². The Bertz CT molecular complexity index is 486. The van der Waals surface area contributed by atoms with Gasteiger partial charge in [-0.1, -0.05) is 37.6 Å². The number of nitrogens with zero attached hydrogens (tertiary/aromatic N) is 1. The second-order valence-electron chi connectivity index (χ2n) is 6.13. The van der Waals surface area contributed by atoms with Crippen LogP contribution in [0.4, 0.5) is 0 Å². The second-order valence-corrected chi connectivity index (χ2v) is 6.13. The Labute approximate surface area is 121 Å². The van der Waals surface area contributed by atoms with Gasteiger partial charge in [-0.25, -0.2) is 0 Å². The third-order valence-corrected chi connectivity index (χ3v) is 4.67. The van der Waals surface area contributed by atoms with Crippen LogP contribution >= 0.6 is 0 Å². The van der Waals surface area contributed by atoms with E-state index in [1.165, 1.54) is 30.4 Å². The van der Waals surface area contributed by atoms with Crippen LogP contribution in [0, 0.1) is 5.92 Å². The molecule has 0 bridgehead atoms. The van der Waals surface area contributed by atoms with Crippen molar-refractivity contribution in [1.29, 1.82) is 0 Å². The third-order valence-electron chi connectivity index (χ3n) is 4.67. The van der Waals surface area contributed by atoms with Crippen molar-refractivity contribution in [3.05, 3.63) is 35.4 Å². The molecule has 108 valence electrons. The van der Waals surface area contributed by atoms with Gasteiger partial charge in [0.15, 0.2) is 0 Å². The first-order chi connectivity index (χ1) is 9.78. The highest BCUT2D eigenvalue weighted by Gasteiger charge is 2.32. The van der Waals surface area contributed by atoms with E-state index in [2.05, 4.69) is 41.4 Å². The lowest BCUT2D eigenvalue weighted by Gasteiger charge is -2.29. The average Bonchev–Trinajstić information content (AvgIpc) is 2.95. The zero-order chi connectivity index (χ0) is 13.9. The molecule has 1 aromatic rings. The number of hydrogen-bond acceptors (Lipinski definition) is 2. The molecule has 0 aromatic heterocycles. The average molecular weight is 272 g/mol. The molecule has 2 aliphatic heterocycles. The molecule has 1 fully saturated rings. The highest BCUT2D eigenvalue weighted by molar-refractivity contribution is 5.82. The fraction of sp³-hybridized carbons (Fsp3) is 0.588. The molecule has 20 heavy (non-hydrogen) atoms. The van der Waals surface area contributed by atoms with E-state index in [-0.39, 0.29) is 6.04 Å². The molecule has 1 amide bonds. The van der Waals surface area contributed by atoms with Gasteiger partial charge in [-0.2, -0.15) is 0 Å². The molecular formula is C17H24N2O. The minimum absolute atomic E-state index is 0.0229. The number of rotatable bonds is 3. The molecule has 1 aromatic carbocycles. The molecule has 0 spiro atoms. The number of likely N-dealkylation sites (tertiary alicyclic amines) is 1. The van der Waals surface area contributed by atoms with Crippen LogP contribution in [0.25, 0.3) is 0 Å². The van der Waals surface area contributed by atoms with Gasteiger partial charge in [-0.05, 0) is 36.3 Å². The third kappa shape index (κ3) is 2.73. The van der Waals surface area contributed by atoms with Crippen LogP contribution in [0.5, 0.6) is 0 Å². The summed E-state index contributed by atoms with van der Waals surface area (Å²) >= 11 is 0. The number of nitrogens with one attached hydrogen (secondary N) is 1. The molecule has 3 rings (SSSR count). The Kier molecular flexibility index (Phi) is 4.06. The first-order valence-corrected chi connectivity index (χ1v) is 7.87. The van der Waals surface area contributed by atoms with Crippen molar-refractivity contribution < 1.29 is 4.79 Å². The first kappa shape index (κ1) is 13.6. The van der Waals surface area contributed by atoms with Crippen molar-refractivity contribution in [3.63, 3.8) is 0 Å². The van der Waals surface area contributed by atoms with Crippen molar-refractivity contribution in [2.24, 2.45) is 5.92 Å². The summed E-state index contributed by atoms with van der Waals surface area (Å²) in [6, 6.07) is 8.42. The molecule has 1 N–H and O–H groups in total. The topological polar surface area (TPSA) is 32.3 Å². The molecule has 0 aliphatic carbocycles. The van der Waals surface area contributed by atoms with Crippen molar-refractivity contribution in [3.8, 4) is 0 Å². The number of carbonyl (C=O) groups is 1. The molecule has 1 saturated heterocycles. The number of benzene rings is 1. The molecule has 1 unspecified atom stereocenters. The van der Waals surface area contributed by atoms with E-state index in [9.17, 15) is 4.79 Å². The van der Waals surface area contributed by atoms with E-state index >= 15 is 0 Å². The van der Waals surface area contributed by atoms with Crippen LogP contribution in [0.1, 0.15) is 37.3 Å². The van der Waals surface area contributed by atoms with E-state index in [1.54, 1.807) is 0 Å². The first-order valence-electron chi connectivity index (χ1n) is 7.87. The predicted octanol–water partition coefficient (Wildman–Crippen LogP) is 2.35. The van der Waals surface area contributed by atoms with Gasteiger partial charge in [0.05, 0.1) is 6.04 Å². The number of hydrogen-bond donors (Lipinski definition) is 1. The summed E-state index contributed by atoms with van der Waals surface area (Å²) in [5.41, 5.74) is 2.66. The normalized spacial score (nSPS) is 25.6. The molecule has 0 radical (unpaired) electrons. The van der Waals surface area contributed by atoms with Gasteiger partial charge in [0.25, 0.3) is 0 Å². The largest absolute Gasteiger partial charge is 0.341 e. The molecule has 2 aliphatic rings. The van der Waals surface area contributed by atoms with Gasteiger partial charge >= 0.3 is 0 Å². The molecular weight excluding hydrogens is 248 g/mol. The summed E-state index contributed by atoms with van der Waals surface area (Å²) in [5, 5.41) is 3.41. The molecule has 2 heterocycles. The lowest BCUT2D eigenvalue weighted by atomic mass is 9.95. The zero-order valence-electron chi connectivity index (χ0n) is 12.3. The Morgan fingerprint density at radius 2 is 2.15 bits per heavy atom. The van der Waals surface area contributed by atoms with E-state index in [0.29, 0.717) is 5.91 Å². The number of fused-ring (bicyclic) bond motifs is 1. The molecule has 2 atom stereocenters. The molecule has 3 heteroatoms. The van der Waals surface area contributed by atoms with Crippen LogP contribution < -0.4 is 5.32 Å². The lowest BCUT2D eigenvalue weighted by molar-refractivity contribution is -0.132. The molecule has 0 saturated carbocycles. The minimum atomic E-state index is -0.0229. The summed E-state index contributed by atoms with van der Waals surface area (Å²) in [7, 11) is 0. The summed E-state index contributed by atoms with van der Waals surface area (Å²) in [6.07, 6.45) is 4.50. The summed E-state index contributed by atoms with van der Waals surface area (Å²) < 4.78 is 0. The Hall–Kier alpha value is -1.35. The highest BCUT2D eigenvalue weighted by atomic mass is 16.2. The van der Waals surface area contributed by atoms with Gasteiger partial charge in [0.1, 0.15) is 0 Å². The van der Waals surface area contributed by atoms with Crippen LogP contribution in [0.3, 0.4) is 0 Å². The fourth-order valence-corrected chi connectivity index (χ4v) is 3.53. The van der Waals surface area contributed by atoms with E-state index < -0.39 is 0 Å². The number of carbonyl (C=O) groups excluding carboxylic acids is 1. The lowest BCUT2D eigenvalue weighted by Crippen LogP contribution is -2.48. The maximum atomic E-state index is 12.6. The van der Waals surface area contributed by atoms with Crippen molar-refractivity contribution in [1.82, 2.24) is 10.2 Å². The Balaban J connectivity index is 1.62. The molecule has 3 nitrogen and oxygen atoms in total. The predicted molar refractivity (Wildman–Crippen MR) is 80.4 cm³/mol. The van der Waals surface area contributed by atoms with Gasteiger partial charge in [-0.3, -0.25) is 4.79 Å². The summed E-state index contributed by atoms with van der Waals surface area (Å²) in [4.78, 5) is 14.7. The maximum Gasteiger partial charge on any atom is 0.240 e. The zero-order valence-corrected chi connectivity index (χ0v) is 12.3. The summed E-state index contributed by atoms with van der Waals surface area (Å²) in [6.45, 7) is 4.96. The van der Waals surface area contributed by atoms with Crippen LogP contribution in [0.2, 0.25) is 0 Å². The van der Waals surface area contributed by atoms with Gasteiger partial charge < -0.3 is 10.2 Å². The van der Waals surface area contributed by atoms with Crippen molar-refractivity contribution >= 4 is 5.91 Å². The Morgan fingerprint density at radius 1 is 1.35 bits per heavy atom. The SMILES string of the molecule is CCCC1CCN(C(=O)[C@@H]2Cc3ccccc3CN2)C1. The smallest absolute Gasteiger partial charge is 0.240 e. The quantitative estimate of drug-likeness (QED) is 0.916. The Morgan fingerprint density at radius 3 is 2.95 bits per heavy atom. The van der Waals surface area contributed by atoms with Gasteiger partial charge in [0.2, 0.25) is 5.91 Å². The maximum absolute atomic E-state index is 12.6. The second kappa shape index (κ2) is 5.96. The van der Waals surface area contributed by atoms with Gasteiger partial charge in [0, 0.05) is 19.6 Å². The minimum Gasteiger partial charge on any atom is -0.341 e. The fourth-order valence-electron chi connectivity index (χ4n) is 3.53. The van der Waals surface area contributed by atoms with Crippen LogP contribution in [0.15, 0.2) is 24.3 Å². The highest BCUT2D eigenvalue weighted by Crippen LogP contribution is 2.23.